The lowest BCUT2D eigenvalue weighted by Crippen LogP contribution is -2.08. The number of nitrogens with zero attached hydrogens (tertiary/aromatic N) is 3. The van der Waals surface area contributed by atoms with Gasteiger partial charge in [-0.15, -0.1) is 0 Å². The maximum atomic E-state index is 8.36. The molecule has 0 spiro atoms. The van der Waals surface area contributed by atoms with Gasteiger partial charge in [-0.2, -0.15) is 10.5 Å². The fourth-order valence-corrected chi connectivity index (χ4v) is 0.846. The largest absolute Gasteiger partial charge is 0.391 e. The van der Waals surface area contributed by atoms with E-state index in [9.17, 15) is 0 Å². The first-order chi connectivity index (χ1) is 6.28. The SMILES string of the molecule is CCCC(CC)ON=C(C#N)C#N. The number of hydrogen-bond acceptors (Lipinski definition) is 4. The molecule has 0 aliphatic heterocycles. The first-order valence-electron chi connectivity index (χ1n) is 4.32. The summed E-state index contributed by atoms with van der Waals surface area (Å²) in [5.74, 6) is 0. The third-order valence-corrected chi connectivity index (χ3v) is 1.57. The molecule has 0 aliphatic carbocycles. The first kappa shape index (κ1) is 11.4. The van der Waals surface area contributed by atoms with Crippen molar-refractivity contribution in [1.29, 1.82) is 10.5 Å². The van der Waals surface area contributed by atoms with Crippen molar-refractivity contribution in [2.45, 2.75) is 39.2 Å². The van der Waals surface area contributed by atoms with Crippen LogP contribution >= 0.6 is 0 Å². The minimum Gasteiger partial charge on any atom is -0.391 e. The van der Waals surface area contributed by atoms with E-state index >= 15 is 0 Å². The van der Waals surface area contributed by atoms with Crippen LogP contribution in [-0.2, 0) is 4.84 Å². The lowest BCUT2D eigenvalue weighted by Gasteiger charge is -2.10. The molecule has 0 aromatic rings. The molecule has 70 valence electrons. The Morgan fingerprint density at radius 1 is 1.38 bits per heavy atom. The third kappa shape index (κ3) is 4.81. The van der Waals surface area contributed by atoms with E-state index in [2.05, 4.69) is 5.16 Å². The standard InChI is InChI=1S/C9H13N3O/c1-3-5-9(4-2)13-12-8(6-10)7-11/h9H,3-5H2,1-2H3. The van der Waals surface area contributed by atoms with E-state index in [1.807, 2.05) is 13.8 Å². The highest BCUT2D eigenvalue weighted by Crippen LogP contribution is 2.06. The molecule has 0 aromatic carbocycles. The van der Waals surface area contributed by atoms with Gasteiger partial charge in [0, 0.05) is 0 Å². The zero-order valence-corrected chi connectivity index (χ0v) is 7.95. The number of rotatable bonds is 5. The van der Waals surface area contributed by atoms with E-state index in [0.717, 1.165) is 19.3 Å². The zero-order chi connectivity index (χ0) is 10.1. The van der Waals surface area contributed by atoms with Crippen LogP contribution in [0.25, 0.3) is 0 Å². The van der Waals surface area contributed by atoms with Crippen LogP contribution in [0.1, 0.15) is 33.1 Å². The van der Waals surface area contributed by atoms with E-state index in [4.69, 9.17) is 15.4 Å². The molecule has 4 heteroatoms. The Morgan fingerprint density at radius 3 is 2.38 bits per heavy atom. The summed E-state index contributed by atoms with van der Waals surface area (Å²) in [4.78, 5) is 5.02. The molecule has 4 nitrogen and oxygen atoms in total. The summed E-state index contributed by atoms with van der Waals surface area (Å²) in [6.07, 6.45) is 2.75. The molecule has 0 heterocycles. The van der Waals surface area contributed by atoms with Gasteiger partial charge in [0.05, 0.1) is 0 Å². The molecule has 0 N–H and O–H groups in total. The summed E-state index contributed by atoms with van der Waals surface area (Å²) in [6, 6.07) is 3.27. The molecule has 0 aromatic heterocycles. The maximum Gasteiger partial charge on any atom is 0.256 e. The topological polar surface area (TPSA) is 69.2 Å². The van der Waals surface area contributed by atoms with Gasteiger partial charge in [-0.05, 0) is 12.8 Å². The van der Waals surface area contributed by atoms with Crippen molar-refractivity contribution in [2.75, 3.05) is 0 Å². The number of oxime groups is 1. The van der Waals surface area contributed by atoms with E-state index in [0.29, 0.717) is 0 Å². The van der Waals surface area contributed by atoms with Crippen LogP contribution in [0.5, 0.6) is 0 Å². The predicted molar refractivity (Wildman–Crippen MR) is 48.7 cm³/mol. The fourth-order valence-electron chi connectivity index (χ4n) is 0.846. The molecule has 0 rings (SSSR count). The molecule has 13 heavy (non-hydrogen) atoms. The van der Waals surface area contributed by atoms with Crippen molar-refractivity contribution in [2.24, 2.45) is 5.16 Å². The minimum absolute atomic E-state index is 0.0155. The van der Waals surface area contributed by atoms with Crippen LogP contribution in [0.4, 0.5) is 0 Å². The molecular weight excluding hydrogens is 166 g/mol. The molecule has 1 atom stereocenters. The Morgan fingerprint density at radius 2 is 2.00 bits per heavy atom. The highest BCUT2D eigenvalue weighted by molar-refractivity contribution is 6.09. The van der Waals surface area contributed by atoms with Crippen LogP contribution in [-0.4, -0.2) is 11.8 Å². The van der Waals surface area contributed by atoms with Crippen LogP contribution in [0, 0.1) is 22.7 Å². The van der Waals surface area contributed by atoms with Gasteiger partial charge in [-0.3, -0.25) is 0 Å². The molecule has 0 saturated carbocycles. The van der Waals surface area contributed by atoms with Gasteiger partial charge in [-0.25, -0.2) is 0 Å². The van der Waals surface area contributed by atoms with Gasteiger partial charge >= 0.3 is 0 Å². The van der Waals surface area contributed by atoms with Crippen molar-refractivity contribution in [3.05, 3.63) is 0 Å². The monoisotopic (exact) mass is 179 g/mol. The summed E-state index contributed by atoms with van der Waals surface area (Å²) in [5.41, 5.74) is -0.227. The maximum absolute atomic E-state index is 8.36. The first-order valence-corrected chi connectivity index (χ1v) is 4.32. The van der Waals surface area contributed by atoms with Gasteiger partial charge < -0.3 is 4.84 Å². The Hall–Kier alpha value is -1.55. The average molecular weight is 179 g/mol. The van der Waals surface area contributed by atoms with Crippen LogP contribution in [0.15, 0.2) is 5.16 Å². The van der Waals surface area contributed by atoms with Crippen LogP contribution < -0.4 is 0 Å². The van der Waals surface area contributed by atoms with Crippen molar-refractivity contribution < 1.29 is 4.84 Å². The van der Waals surface area contributed by atoms with E-state index < -0.39 is 0 Å². The Labute approximate surface area is 78.4 Å². The molecule has 0 amide bonds. The molecule has 0 bridgehead atoms. The van der Waals surface area contributed by atoms with Gasteiger partial charge in [0.1, 0.15) is 18.2 Å². The van der Waals surface area contributed by atoms with Gasteiger partial charge in [0.15, 0.2) is 0 Å². The Balaban J connectivity index is 4.05. The summed E-state index contributed by atoms with van der Waals surface area (Å²) in [7, 11) is 0. The Bertz CT molecular complexity index is 231. The highest BCUT2D eigenvalue weighted by Gasteiger charge is 2.05. The van der Waals surface area contributed by atoms with Crippen LogP contribution in [0.2, 0.25) is 0 Å². The summed E-state index contributed by atoms with van der Waals surface area (Å²) in [6.45, 7) is 4.03. The van der Waals surface area contributed by atoms with E-state index in [1.165, 1.54) is 0 Å². The third-order valence-electron chi connectivity index (χ3n) is 1.57. The lowest BCUT2D eigenvalue weighted by atomic mass is 10.2. The average Bonchev–Trinajstić information content (AvgIpc) is 2.17. The van der Waals surface area contributed by atoms with E-state index in [-0.39, 0.29) is 11.8 Å². The molecular formula is C9H13N3O. The quantitative estimate of drug-likeness (QED) is 0.478. The van der Waals surface area contributed by atoms with Gasteiger partial charge in [0.2, 0.25) is 0 Å². The summed E-state index contributed by atoms with van der Waals surface area (Å²) < 4.78 is 0. The summed E-state index contributed by atoms with van der Waals surface area (Å²) in [5, 5.41) is 20.2. The molecule has 0 radical (unpaired) electrons. The second-order valence-corrected chi connectivity index (χ2v) is 2.59. The molecule has 0 saturated heterocycles. The second kappa shape index (κ2) is 7.12. The second-order valence-electron chi connectivity index (χ2n) is 2.59. The van der Waals surface area contributed by atoms with Crippen molar-refractivity contribution in [3.8, 4) is 12.1 Å². The Kier molecular flexibility index (Phi) is 6.27. The highest BCUT2D eigenvalue weighted by atomic mass is 16.6. The lowest BCUT2D eigenvalue weighted by molar-refractivity contribution is 0.0504. The number of nitriles is 2. The molecule has 1 unspecified atom stereocenters. The molecule has 0 fully saturated rings. The zero-order valence-electron chi connectivity index (χ0n) is 7.95. The van der Waals surface area contributed by atoms with Crippen molar-refractivity contribution in [3.63, 3.8) is 0 Å². The smallest absolute Gasteiger partial charge is 0.256 e. The van der Waals surface area contributed by atoms with Crippen molar-refractivity contribution in [1.82, 2.24) is 0 Å². The normalized spacial score (nSPS) is 10.8. The minimum atomic E-state index is -0.227. The number of hydrogen-bond donors (Lipinski definition) is 0. The molecule has 0 aliphatic rings. The van der Waals surface area contributed by atoms with Crippen molar-refractivity contribution >= 4 is 5.71 Å². The van der Waals surface area contributed by atoms with Gasteiger partial charge in [0.25, 0.3) is 5.71 Å². The summed E-state index contributed by atoms with van der Waals surface area (Å²) >= 11 is 0. The van der Waals surface area contributed by atoms with Gasteiger partial charge in [-0.1, -0.05) is 25.4 Å². The fraction of sp³-hybridized carbons (Fsp3) is 0.667. The van der Waals surface area contributed by atoms with E-state index in [1.54, 1.807) is 12.1 Å². The predicted octanol–water partition coefficient (Wildman–Crippen LogP) is 1.98. The van der Waals surface area contributed by atoms with Crippen LogP contribution in [0.3, 0.4) is 0 Å².